The minimum Gasteiger partial charge on any atom is -0.135 e. The van der Waals surface area contributed by atoms with Crippen LogP contribution in [0.25, 0.3) is 36.9 Å². The Balaban J connectivity index is 1.53. The van der Waals surface area contributed by atoms with Crippen LogP contribution in [0.5, 0.6) is 0 Å². The lowest BCUT2D eigenvalue weighted by Crippen LogP contribution is -2.31. The van der Waals surface area contributed by atoms with E-state index in [-0.39, 0.29) is 16.2 Å². The van der Waals surface area contributed by atoms with Crippen LogP contribution in [0.4, 0.5) is 0 Å². The van der Waals surface area contributed by atoms with Gasteiger partial charge in [-0.2, -0.15) is 0 Å². The number of hydrogen-bond acceptors (Lipinski definition) is 1. The van der Waals surface area contributed by atoms with E-state index in [9.17, 15) is 0 Å². The van der Waals surface area contributed by atoms with Gasteiger partial charge in [0.1, 0.15) is 0 Å². The molecule has 1 spiro atoms. The normalized spacial score (nSPS) is 21.3. The van der Waals surface area contributed by atoms with Gasteiger partial charge in [0, 0.05) is 25.7 Å². The highest BCUT2D eigenvalue weighted by atomic mass is 32.1. The summed E-state index contributed by atoms with van der Waals surface area (Å²) in [7, 11) is 0. The van der Waals surface area contributed by atoms with Gasteiger partial charge in [0.25, 0.3) is 0 Å². The quantitative estimate of drug-likeness (QED) is 0.185. The zero-order valence-electron chi connectivity index (χ0n) is 24.4. The Morgan fingerprint density at radius 3 is 2.30 bits per heavy atom. The van der Waals surface area contributed by atoms with Gasteiger partial charge < -0.3 is 0 Å². The molecule has 2 unspecified atom stereocenters. The molecule has 3 aliphatic rings. The first-order chi connectivity index (χ1) is 19.1. The first-order valence-corrected chi connectivity index (χ1v) is 15.5. The van der Waals surface area contributed by atoms with Gasteiger partial charge in [-0.3, -0.25) is 0 Å². The van der Waals surface area contributed by atoms with E-state index in [0.29, 0.717) is 5.92 Å². The molecule has 0 N–H and O–H groups in total. The maximum absolute atomic E-state index is 2.56. The zero-order chi connectivity index (χ0) is 27.6. The van der Waals surface area contributed by atoms with Crippen LogP contribution in [0, 0.1) is 11.3 Å². The first-order valence-electron chi connectivity index (χ1n) is 14.7. The van der Waals surface area contributed by atoms with Crippen molar-refractivity contribution in [2.75, 3.05) is 0 Å². The summed E-state index contributed by atoms with van der Waals surface area (Å²) in [6.07, 6.45) is 6.06. The number of allylic oxidation sites excluding steroid dienone is 4. The summed E-state index contributed by atoms with van der Waals surface area (Å²) in [6, 6.07) is 30.5. The minimum atomic E-state index is -0.253. The molecule has 2 atom stereocenters. The van der Waals surface area contributed by atoms with E-state index in [2.05, 4.69) is 133 Å². The Labute approximate surface area is 242 Å². The standard InChI is InChI=1S/C39H36S/c1-37(2,3)23-15-17-25-26-18-16-24(38(4,5)6)22-33(26)39(32(25)21-23)30-13-9-7-12-29(30)35-31(39)20-19-28-27-11-8-10-14-34(27)40-36(28)35/h7-21,24H,22H2,1-6H3. The first kappa shape index (κ1) is 24.4. The second kappa shape index (κ2) is 7.86. The summed E-state index contributed by atoms with van der Waals surface area (Å²) in [6.45, 7) is 14.2. The maximum atomic E-state index is 2.56. The molecular formula is C39H36S. The molecule has 40 heavy (non-hydrogen) atoms. The van der Waals surface area contributed by atoms with E-state index in [0.717, 1.165) is 6.42 Å². The van der Waals surface area contributed by atoms with Crippen molar-refractivity contribution in [3.63, 3.8) is 0 Å². The lowest BCUT2D eigenvalue weighted by atomic mass is 9.64. The third-order valence-corrected chi connectivity index (χ3v) is 11.1. The summed E-state index contributed by atoms with van der Waals surface area (Å²) < 4.78 is 2.81. The van der Waals surface area contributed by atoms with Crippen molar-refractivity contribution < 1.29 is 0 Å². The van der Waals surface area contributed by atoms with Crippen molar-refractivity contribution >= 4 is 37.1 Å². The fraction of sp³-hybridized carbons (Fsp3) is 0.282. The molecule has 0 aliphatic heterocycles. The van der Waals surface area contributed by atoms with Gasteiger partial charge in [-0.25, -0.2) is 0 Å². The molecule has 0 saturated heterocycles. The molecule has 0 nitrogen and oxygen atoms in total. The Morgan fingerprint density at radius 2 is 1.50 bits per heavy atom. The molecule has 0 bridgehead atoms. The SMILES string of the molecule is CC(C)(C)c1ccc2c(c1)C1(C3=C2C=CC(C(C)(C)C)C3)c2ccccc2-c2c1ccc1c2sc2ccccc21. The molecule has 1 heteroatoms. The molecule has 8 rings (SSSR count). The van der Waals surface area contributed by atoms with E-state index in [1.165, 1.54) is 64.7 Å². The second-order valence-corrected chi connectivity index (χ2v) is 15.2. The fourth-order valence-corrected chi connectivity index (χ4v) is 9.05. The summed E-state index contributed by atoms with van der Waals surface area (Å²) >= 11 is 1.97. The van der Waals surface area contributed by atoms with Gasteiger partial charge in [-0.15, -0.1) is 11.3 Å². The van der Waals surface area contributed by atoms with E-state index in [1.807, 2.05) is 11.3 Å². The molecule has 198 valence electrons. The molecule has 1 aromatic heterocycles. The van der Waals surface area contributed by atoms with E-state index in [1.54, 1.807) is 5.57 Å². The van der Waals surface area contributed by atoms with Gasteiger partial charge >= 0.3 is 0 Å². The second-order valence-electron chi connectivity index (χ2n) is 14.2. The molecular weight excluding hydrogens is 500 g/mol. The summed E-state index contributed by atoms with van der Waals surface area (Å²) in [5.41, 5.74) is 13.2. The van der Waals surface area contributed by atoms with Gasteiger partial charge in [0.2, 0.25) is 0 Å². The zero-order valence-corrected chi connectivity index (χ0v) is 25.2. The Bertz CT molecular complexity index is 1950. The molecule has 1 heterocycles. The van der Waals surface area contributed by atoms with Crippen LogP contribution in [0.3, 0.4) is 0 Å². The monoisotopic (exact) mass is 536 g/mol. The number of hydrogen-bond donors (Lipinski definition) is 0. The number of benzene rings is 4. The molecule has 4 aromatic carbocycles. The average molecular weight is 537 g/mol. The van der Waals surface area contributed by atoms with Gasteiger partial charge in [-0.1, -0.05) is 126 Å². The lowest BCUT2D eigenvalue weighted by Gasteiger charge is -2.38. The molecule has 5 aromatic rings. The van der Waals surface area contributed by atoms with Crippen molar-refractivity contribution in [1.29, 1.82) is 0 Å². The highest BCUT2D eigenvalue weighted by molar-refractivity contribution is 7.26. The summed E-state index contributed by atoms with van der Waals surface area (Å²) in [4.78, 5) is 0. The summed E-state index contributed by atoms with van der Waals surface area (Å²) in [5, 5.41) is 2.76. The highest BCUT2D eigenvalue weighted by Gasteiger charge is 2.54. The number of rotatable bonds is 0. The minimum absolute atomic E-state index is 0.0828. The molecule has 0 amide bonds. The predicted octanol–water partition coefficient (Wildman–Crippen LogP) is 11.1. The van der Waals surface area contributed by atoms with Crippen molar-refractivity contribution in [3.05, 3.63) is 124 Å². The lowest BCUT2D eigenvalue weighted by molar-refractivity contribution is 0.285. The smallest absolute Gasteiger partial charge is 0.0689 e. The molecule has 3 aliphatic carbocycles. The van der Waals surface area contributed by atoms with Crippen LogP contribution < -0.4 is 0 Å². The van der Waals surface area contributed by atoms with Crippen molar-refractivity contribution in [2.24, 2.45) is 11.3 Å². The molecule has 0 radical (unpaired) electrons. The summed E-state index contributed by atoms with van der Waals surface area (Å²) in [5.74, 6) is 0.504. The largest absolute Gasteiger partial charge is 0.135 e. The maximum Gasteiger partial charge on any atom is 0.0689 e. The Kier molecular flexibility index (Phi) is 4.79. The van der Waals surface area contributed by atoms with Crippen LogP contribution in [-0.2, 0) is 10.8 Å². The van der Waals surface area contributed by atoms with Crippen molar-refractivity contribution in [3.8, 4) is 11.1 Å². The fourth-order valence-electron chi connectivity index (χ4n) is 7.79. The van der Waals surface area contributed by atoms with Crippen molar-refractivity contribution in [2.45, 2.75) is 58.8 Å². The van der Waals surface area contributed by atoms with Crippen LogP contribution in [0.1, 0.15) is 75.8 Å². The van der Waals surface area contributed by atoms with Crippen LogP contribution in [0.2, 0.25) is 0 Å². The van der Waals surface area contributed by atoms with E-state index in [4.69, 9.17) is 0 Å². The average Bonchev–Trinajstić information content (AvgIpc) is 3.55. The van der Waals surface area contributed by atoms with E-state index < -0.39 is 0 Å². The Hall–Kier alpha value is -3.42. The molecule has 0 saturated carbocycles. The highest BCUT2D eigenvalue weighted by Crippen LogP contribution is 2.66. The number of thiophene rings is 1. The third kappa shape index (κ3) is 3.02. The van der Waals surface area contributed by atoms with Gasteiger partial charge in [0.05, 0.1) is 5.41 Å². The molecule has 0 fully saturated rings. The third-order valence-electron chi connectivity index (χ3n) is 9.94. The van der Waals surface area contributed by atoms with Crippen LogP contribution in [0.15, 0.2) is 96.6 Å². The van der Waals surface area contributed by atoms with Gasteiger partial charge in [0.15, 0.2) is 0 Å². The van der Waals surface area contributed by atoms with Crippen LogP contribution >= 0.6 is 11.3 Å². The van der Waals surface area contributed by atoms with Gasteiger partial charge in [-0.05, 0) is 73.8 Å². The number of fused-ring (bicyclic) bond motifs is 13. The topological polar surface area (TPSA) is 0 Å². The Morgan fingerprint density at radius 1 is 0.725 bits per heavy atom. The predicted molar refractivity (Wildman–Crippen MR) is 173 cm³/mol. The van der Waals surface area contributed by atoms with Crippen LogP contribution in [-0.4, -0.2) is 0 Å². The van der Waals surface area contributed by atoms with Crippen molar-refractivity contribution in [1.82, 2.24) is 0 Å². The van der Waals surface area contributed by atoms with E-state index >= 15 is 0 Å².